The standard InChI is InChI=1S/C20H24BrN3O3S/c1-28(26,27)24(18-9-7-17(21)8-10-18)15-20(25)22-12-4-13-23-14-11-16-5-2-3-6-19(16)23/h2-3,5-10H,4,11-15H2,1H3,(H,22,25). The van der Waals surface area contributed by atoms with E-state index in [1.165, 1.54) is 11.3 Å². The van der Waals surface area contributed by atoms with Crippen LogP contribution in [-0.2, 0) is 21.2 Å². The molecule has 6 nitrogen and oxygen atoms in total. The van der Waals surface area contributed by atoms with Gasteiger partial charge in [0, 0.05) is 29.8 Å². The van der Waals surface area contributed by atoms with Crippen LogP contribution >= 0.6 is 15.9 Å². The fourth-order valence-electron chi connectivity index (χ4n) is 3.33. The van der Waals surface area contributed by atoms with Crippen LogP contribution in [0.2, 0.25) is 0 Å². The van der Waals surface area contributed by atoms with E-state index in [0.717, 1.165) is 41.0 Å². The number of nitrogens with one attached hydrogen (secondary N) is 1. The molecule has 1 heterocycles. The summed E-state index contributed by atoms with van der Waals surface area (Å²) in [6.07, 6.45) is 2.96. The van der Waals surface area contributed by atoms with Crippen molar-refractivity contribution in [2.45, 2.75) is 12.8 Å². The van der Waals surface area contributed by atoms with Crippen LogP contribution in [0.15, 0.2) is 53.0 Å². The Labute approximate surface area is 174 Å². The molecule has 0 fully saturated rings. The van der Waals surface area contributed by atoms with Gasteiger partial charge in [0.15, 0.2) is 0 Å². The maximum Gasteiger partial charge on any atom is 0.240 e. The van der Waals surface area contributed by atoms with Gasteiger partial charge in [0.2, 0.25) is 15.9 Å². The van der Waals surface area contributed by atoms with Crippen molar-refractivity contribution in [1.82, 2.24) is 5.32 Å². The van der Waals surface area contributed by atoms with Crippen LogP contribution in [0.25, 0.3) is 0 Å². The lowest BCUT2D eigenvalue weighted by Gasteiger charge is -2.22. The third-order valence-corrected chi connectivity index (χ3v) is 6.38. The van der Waals surface area contributed by atoms with Gasteiger partial charge in [0.1, 0.15) is 6.54 Å². The lowest BCUT2D eigenvalue weighted by atomic mass is 10.2. The first-order valence-corrected chi connectivity index (χ1v) is 11.8. The predicted octanol–water partition coefficient (Wildman–Crippen LogP) is 2.78. The number of anilines is 2. The number of rotatable bonds is 8. The van der Waals surface area contributed by atoms with Crippen LogP contribution in [0.5, 0.6) is 0 Å². The molecule has 0 aliphatic carbocycles. The molecule has 28 heavy (non-hydrogen) atoms. The third-order valence-electron chi connectivity index (χ3n) is 4.71. The molecule has 1 N–H and O–H groups in total. The van der Waals surface area contributed by atoms with Gasteiger partial charge in [-0.2, -0.15) is 0 Å². The van der Waals surface area contributed by atoms with Crippen molar-refractivity contribution in [2.24, 2.45) is 0 Å². The summed E-state index contributed by atoms with van der Waals surface area (Å²) >= 11 is 3.32. The van der Waals surface area contributed by atoms with Crippen LogP contribution in [-0.4, -0.2) is 46.8 Å². The highest BCUT2D eigenvalue weighted by Gasteiger charge is 2.21. The van der Waals surface area contributed by atoms with Gasteiger partial charge in [0.05, 0.1) is 11.9 Å². The molecule has 0 spiro atoms. The van der Waals surface area contributed by atoms with Crippen LogP contribution in [0.3, 0.4) is 0 Å². The summed E-state index contributed by atoms with van der Waals surface area (Å²) < 4.78 is 26.2. The molecule has 0 aromatic heterocycles. The van der Waals surface area contributed by atoms with Crippen LogP contribution in [0.4, 0.5) is 11.4 Å². The van der Waals surface area contributed by atoms with Crippen molar-refractivity contribution in [2.75, 3.05) is 41.6 Å². The fraction of sp³-hybridized carbons (Fsp3) is 0.350. The van der Waals surface area contributed by atoms with Crippen molar-refractivity contribution in [3.05, 3.63) is 58.6 Å². The van der Waals surface area contributed by atoms with Gasteiger partial charge in [-0.1, -0.05) is 34.1 Å². The van der Waals surface area contributed by atoms with E-state index in [1.54, 1.807) is 24.3 Å². The summed E-state index contributed by atoms with van der Waals surface area (Å²) in [7, 11) is -3.55. The average Bonchev–Trinajstić information content (AvgIpc) is 3.06. The van der Waals surface area contributed by atoms with Crippen molar-refractivity contribution in [1.29, 1.82) is 0 Å². The van der Waals surface area contributed by atoms with Crippen molar-refractivity contribution < 1.29 is 13.2 Å². The topological polar surface area (TPSA) is 69.7 Å². The Bertz CT molecular complexity index is 932. The zero-order valence-electron chi connectivity index (χ0n) is 15.8. The molecular formula is C20H24BrN3O3S. The van der Waals surface area contributed by atoms with E-state index in [-0.39, 0.29) is 12.5 Å². The fourth-order valence-corrected chi connectivity index (χ4v) is 4.45. The molecule has 1 aliphatic rings. The Balaban J connectivity index is 1.49. The molecule has 8 heteroatoms. The Kier molecular flexibility index (Phi) is 6.61. The number of amides is 1. The number of carbonyl (C=O) groups is 1. The largest absolute Gasteiger partial charge is 0.371 e. The third kappa shape index (κ3) is 5.26. The van der Waals surface area contributed by atoms with Crippen molar-refractivity contribution >= 4 is 43.2 Å². The van der Waals surface area contributed by atoms with Crippen LogP contribution in [0.1, 0.15) is 12.0 Å². The van der Waals surface area contributed by atoms with Gasteiger partial charge >= 0.3 is 0 Å². The highest BCUT2D eigenvalue weighted by molar-refractivity contribution is 9.10. The first-order chi connectivity index (χ1) is 13.3. The van der Waals surface area contributed by atoms with Gasteiger partial charge in [-0.05, 0) is 48.7 Å². The van der Waals surface area contributed by atoms with E-state index < -0.39 is 10.0 Å². The zero-order chi connectivity index (χ0) is 20.1. The van der Waals surface area contributed by atoms with Gasteiger partial charge in [0.25, 0.3) is 0 Å². The number of sulfonamides is 1. The van der Waals surface area contributed by atoms with E-state index >= 15 is 0 Å². The molecule has 0 unspecified atom stereocenters. The number of para-hydroxylation sites is 1. The van der Waals surface area contributed by atoms with Gasteiger partial charge in [-0.25, -0.2) is 8.42 Å². The van der Waals surface area contributed by atoms with Gasteiger partial charge in [-0.3, -0.25) is 9.10 Å². The summed E-state index contributed by atoms with van der Waals surface area (Å²) in [5.41, 5.74) is 3.10. The monoisotopic (exact) mass is 465 g/mol. The quantitative estimate of drug-likeness (QED) is 0.608. The summed E-state index contributed by atoms with van der Waals surface area (Å²) in [6.45, 7) is 2.14. The number of benzene rings is 2. The second kappa shape index (κ2) is 8.96. The van der Waals surface area contributed by atoms with Gasteiger partial charge < -0.3 is 10.2 Å². The molecule has 2 aromatic carbocycles. The van der Waals surface area contributed by atoms with Crippen molar-refractivity contribution in [3.63, 3.8) is 0 Å². The average molecular weight is 466 g/mol. The summed E-state index contributed by atoms with van der Waals surface area (Å²) in [5, 5.41) is 2.83. The Hall–Kier alpha value is -2.06. The molecule has 0 bridgehead atoms. The Morgan fingerprint density at radius 2 is 1.89 bits per heavy atom. The molecule has 1 aliphatic heterocycles. The number of halogens is 1. The minimum absolute atomic E-state index is 0.229. The van der Waals surface area contributed by atoms with Gasteiger partial charge in [-0.15, -0.1) is 0 Å². The summed E-state index contributed by atoms with van der Waals surface area (Å²) in [5.74, 6) is -0.310. The molecule has 0 radical (unpaired) electrons. The van der Waals surface area contributed by atoms with E-state index in [1.807, 2.05) is 6.07 Å². The Morgan fingerprint density at radius 1 is 1.18 bits per heavy atom. The van der Waals surface area contributed by atoms with E-state index in [0.29, 0.717) is 12.2 Å². The molecule has 2 aromatic rings. The second-order valence-electron chi connectivity index (χ2n) is 6.82. The number of hydrogen-bond acceptors (Lipinski definition) is 4. The van der Waals surface area contributed by atoms with E-state index in [9.17, 15) is 13.2 Å². The minimum Gasteiger partial charge on any atom is -0.371 e. The minimum atomic E-state index is -3.55. The lowest BCUT2D eigenvalue weighted by Crippen LogP contribution is -2.41. The SMILES string of the molecule is CS(=O)(=O)N(CC(=O)NCCCN1CCc2ccccc21)c1ccc(Br)cc1. The van der Waals surface area contributed by atoms with Crippen molar-refractivity contribution in [3.8, 4) is 0 Å². The highest BCUT2D eigenvalue weighted by atomic mass is 79.9. The number of hydrogen-bond donors (Lipinski definition) is 1. The molecule has 3 rings (SSSR count). The summed E-state index contributed by atoms with van der Waals surface area (Å²) in [4.78, 5) is 14.6. The molecular weight excluding hydrogens is 442 g/mol. The van der Waals surface area contributed by atoms with E-state index in [4.69, 9.17) is 0 Å². The highest BCUT2D eigenvalue weighted by Crippen LogP contribution is 2.27. The number of carbonyl (C=O) groups excluding carboxylic acids is 1. The Morgan fingerprint density at radius 3 is 2.61 bits per heavy atom. The first-order valence-electron chi connectivity index (χ1n) is 9.17. The number of nitrogens with zero attached hydrogens (tertiary/aromatic N) is 2. The zero-order valence-corrected chi connectivity index (χ0v) is 18.2. The molecule has 0 atom stereocenters. The van der Waals surface area contributed by atoms with Crippen LogP contribution < -0.4 is 14.5 Å². The normalized spacial score (nSPS) is 13.3. The lowest BCUT2D eigenvalue weighted by molar-refractivity contribution is -0.119. The number of fused-ring (bicyclic) bond motifs is 1. The summed E-state index contributed by atoms with van der Waals surface area (Å²) in [6, 6.07) is 15.2. The predicted molar refractivity (Wildman–Crippen MR) is 116 cm³/mol. The maximum absolute atomic E-state index is 12.3. The molecule has 150 valence electrons. The smallest absolute Gasteiger partial charge is 0.240 e. The maximum atomic E-state index is 12.3. The van der Waals surface area contributed by atoms with Crippen LogP contribution in [0, 0.1) is 0 Å². The molecule has 1 amide bonds. The molecule has 0 saturated heterocycles. The second-order valence-corrected chi connectivity index (χ2v) is 9.64. The first kappa shape index (κ1) is 20.7. The molecule has 0 saturated carbocycles. The van der Waals surface area contributed by atoms with E-state index in [2.05, 4.69) is 44.3 Å².